The van der Waals surface area contributed by atoms with E-state index < -0.39 is 11.6 Å². The number of halogens is 3. The van der Waals surface area contributed by atoms with E-state index in [2.05, 4.69) is 18.8 Å². The van der Waals surface area contributed by atoms with Crippen molar-refractivity contribution >= 4 is 22.6 Å². The number of fused-ring (bicyclic) bond motifs is 1. The van der Waals surface area contributed by atoms with Gasteiger partial charge in [0.15, 0.2) is 5.82 Å². The number of hydrogen-bond donors (Lipinski definition) is 0. The molecule has 110 valence electrons. The van der Waals surface area contributed by atoms with Gasteiger partial charge in [0.1, 0.15) is 17.2 Å². The van der Waals surface area contributed by atoms with Crippen LogP contribution in [0.3, 0.4) is 0 Å². The van der Waals surface area contributed by atoms with Crippen molar-refractivity contribution in [2.75, 3.05) is 0 Å². The Bertz CT molecular complexity index is 620. The number of benzene rings is 1. The van der Waals surface area contributed by atoms with Gasteiger partial charge in [-0.05, 0) is 32.3 Å². The van der Waals surface area contributed by atoms with Crippen LogP contribution in [0.15, 0.2) is 12.1 Å². The Morgan fingerprint density at radius 2 is 1.85 bits per heavy atom. The summed E-state index contributed by atoms with van der Waals surface area (Å²) < 4.78 is 29.2. The molecule has 20 heavy (non-hydrogen) atoms. The average molecular weight is 301 g/mol. The van der Waals surface area contributed by atoms with Gasteiger partial charge in [-0.1, -0.05) is 13.8 Å². The lowest BCUT2D eigenvalue weighted by Crippen LogP contribution is -2.12. The Kier molecular flexibility index (Phi) is 4.33. The van der Waals surface area contributed by atoms with Gasteiger partial charge in [-0.2, -0.15) is 0 Å². The molecular weight excluding hydrogens is 282 g/mol. The molecule has 0 radical (unpaired) electrons. The van der Waals surface area contributed by atoms with Crippen molar-refractivity contribution in [3.05, 3.63) is 29.6 Å². The van der Waals surface area contributed by atoms with Crippen LogP contribution in [0, 0.1) is 17.6 Å². The Labute approximate surface area is 122 Å². The first-order valence-corrected chi connectivity index (χ1v) is 7.25. The van der Waals surface area contributed by atoms with Crippen LogP contribution in [-0.4, -0.2) is 9.55 Å². The molecule has 0 saturated heterocycles. The molecule has 2 nitrogen and oxygen atoms in total. The summed E-state index contributed by atoms with van der Waals surface area (Å²) in [6, 6.07) is 2.26. The lowest BCUT2D eigenvalue weighted by atomic mass is 10.0. The third-order valence-electron chi connectivity index (χ3n) is 3.35. The maximum atomic E-state index is 13.9. The summed E-state index contributed by atoms with van der Waals surface area (Å²) in [7, 11) is 0. The van der Waals surface area contributed by atoms with Crippen LogP contribution in [0.4, 0.5) is 8.78 Å². The van der Waals surface area contributed by atoms with Crippen molar-refractivity contribution in [3.8, 4) is 0 Å². The summed E-state index contributed by atoms with van der Waals surface area (Å²) in [5.41, 5.74) is 0.655. The molecule has 0 aliphatic rings. The minimum atomic E-state index is -0.644. The highest BCUT2D eigenvalue weighted by atomic mass is 35.5. The standard InChI is InChI=1S/C15H19ClF2N2/c1-8(2)5-9(3)20-13-7-11(17)6-12(18)14(13)19-15(20)10(4)16/h6-10H,5H2,1-4H3. The lowest BCUT2D eigenvalue weighted by molar-refractivity contribution is 0.425. The van der Waals surface area contributed by atoms with E-state index in [0.29, 0.717) is 17.3 Å². The van der Waals surface area contributed by atoms with Crippen LogP contribution in [0.5, 0.6) is 0 Å². The molecule has 0 N–H and O–H groups in total. The molecule has 2 aromatic rings. The maximum absolute atomic E-state index is 13.9. The normalized spacial score (nSPS) is 15.0. The fraction of sp³-hybridized carbons (Fsp3) is 0.533. The van der Waals surface area contributed by atoms with Crippen LogP contribution in [0.25, 0.3) is 11.0 Å². The van der Waals surface area contributed by atoms with E-state index in [9.17, 15) is 8.78 Å². The Morgan fingerprint density at radius 1 is 1.20 bits per heavy atom. The Morgan fingerprint density at radius 3 is 2.40 bits per heavy atom. The average Bonchev–Trinajstić information content (AvgIpc) is 2.67. The van der Waals surface area contributed by atoms with E-state index in [4.69, 9.17) is 11.6 Å². The molecule has 2 unspecified atom stereocenters. The van der Waals surface area contributed by atoms with Crippen molar-refractivity contribution in [1.82, 2.24) is 9.55 Å². The molecule has 2 atom stereocenters. The molecule has 0 spiro atoms. The Hall–Kier alpha value is -1.16. The second-order valence-corrected chi connectivity index (χ2v) is 6.34. The quantitative estimate of drug-likeness (QED) is 0.708. The van der Waals surface area contributed by atoms with E-state index in [1.807, 2.05) is 11.5 Å². The van der Waals surface area contributed by atoms with Gasteiger partial charge in [-0.25, -0.2) is 13.8 Å². The summed E-state index contributed by atoms with van der Waals surface area (Å²) in [5.74, 6) is -0.186. The number of rotatable bonds is 4. The third-order valence-corrected chi connectivity index (χ3v) is 3.55. The number of aromatic nitrogens is 2. The van der Waals surface area contributed by atoms with Crippen LogP contribution < -0.4 is 0 Å². The van der Waals surface area contributed by atoms with Crippen molar-refractivity contribution in [1.29, 1.82) is 0 Å². The zero-order valence-corrected chi connectivity index (χ0v) is 12.9. The fourth-order valence-electron chi connectivity index (χ4n) is 2.67. The van der Waals surface area contributed by atoms with Gasteiger partial charge >= 0.3 is 0 Å². The molecule has 0 saturated carbocycles. The second-order valence-electron chi connectivity index (χ2n) is 5.69. The van der Waals surface area contributed by atoms with Gasteiger partial charge in [0, 0.05) is 12.1 Å². The van der Waals surface area contributed by atoms with Crippen molar-refractivity contribution < 1.29 is 8.78 Å². The molecule has 0 amide bonds. The van der Waals surface area contributed by atoms with Crippen molar-refractivity contribution in [2.45, 2.75) is 45.5 Å². The summed E-state index contributed by atoms with van der Waals surface area (Å²) >= 11 is 6.15. The largest absolute Gasteiger partial charge is 0.324 e. The minimum Gasteiger partial charge on any atom is -0.324 e. The highest BCUT2D eigenvalue weighted by molar-refractivity contribution is 6.20. The van der Waals surface area contributed by atoms with Gasteiger partial charge in [-0.3, -0.25) is 0 Å². The zero-order chi connectivity index (χ0) is 15.0. The first kappa shape index (κ1) is 15.2. The predicted molar refractivity (Wildman–Crippen MR) is 78.1 cm³/mol. The zero-order valence-electron chi connectivity index (χ0n) is 12.1. The molecule has 1 aromatic heterocycles. The molecular formula is C15H19ClF2N2. The Balaban J connectivity index is 2.68. The fourth-order valence-corrected chi connectivity index (χ4v) is 2.82. The topological polar surface area (TPSA) is 17.8 Å². The predicted octanol–water partition coefficient (Wildman–Crippen LogP) is 5.22. The van der Waals surface area contributed by atoms with E-state index in [0.717, 1.165) is 12.5 Å². The SMILES string of the molecule is CC(C)CC(C)n1c(C(C)Cl)nc2c(F)cc(F)cc21. The second kappa shape index (κ2) is 5.68. The van der Waals surface area contributed by atoms with Crippen LogP contribution in [0.1, 0.15) is 51.4 Å². The maximum Gasteiger partial charge on any atom is 0.153 e. The molecule has 1 aromatic carbocycles. The third kappa shape index (κ3) is 2.80. The van der Waals surface area contributed by atoms with Gasteiger partial charge < -0.3 is 4.57 Å². The monoisotopic (exact) mass is 300 g/mol. The minimum absolute atomic E-state index is 0.0809. The van der Waals surface area contributed by atoms with Gasteiger partial charge in [0.25, 0.3) is 0 Å². The molecule has 0 aliphatic heterocycles. The van der Waals surface area contributed by atoms with Crippen molar-refractivity contribution in [3.63, 3.8) is 0 Å². The van der Waals surface area contributed by atoms with Crippen LogP contribution in [-0.2, 0) is 0 Å². The summed E-state index contributed by atoms with van der Waals surface area (Å²) in [6.07, 6.45) is 0.889. The summed E-state index contributed by atoms with van der Waals surface area (Å²) in [6.45, 7) is 8.03. The van der Waals surface area contributed by atoms with Gasteiger partial charge in [0.05, 0.1) is 10.9 Å². The molecule has 2 rings (SSSR count). The van der Waals surface area contributed by atoms with Crippen LogP contribution in [0.2, 0.25) is 0 Å². The number of hydrogen-bond acceptors (Lipinski definition) is 1. The first-order chi connectivity index (χ1) is 9.31. The number of imidazole rings is 1. The van der Waals surface area contributed by atoms with Crippen molar-refractivity contribution in [2.24, 2.45) is 5.92 Å². The molecule has 5 heteroatoms. The lowest BCUT2D eigenvalue weighted by Gasteiger charge is -2.20. The highest BCUT2D eigenvalue weighted by Crippen LogP contribution is 2.32. The highest BCUT2D eigenvalue weighted by Gasteiger charge is 2.22. The smallest absolute Gasteiger partial charge is 0.153 e. The van der Waals surface area contributed by atoms with E-state index in [-0.39, 0.29) is 16.9 Å². The molecule has 0 bridgehead atoms. The molecule has 0 aliphatic carbocycles. The van der Waals surface area contributed by atoms with Gasteiger partial charge in [-0.15, -0.1) is 11.6 Å². The van der Waals surface area contributed by atoms with Gasteiger partial charge in [0.2, 0.25) is 0 Å². The number of alkyl halides is 1. The van der Waals surface area contributed by atoms with E-state index in [1.165, 1.54) is 6.07 Å². The number of nitrogens with zero attached hydrogens (tertiary/aromatic N) is 2. The molecule has 0 fully saturated rings. The van der Waals surface area contributed by atoms with E-state index in [1.54, 1.807) is 6.92 Å². The first-order valence-electron chi connectivity index (χ1n) is 6.82. The summed E-state index contributed by atoms with van der Waals surface area (Å²) in [5, 5.41) is -0.362. The summed E-state index contributed by atoms with van der Waals surface area (Å²) in [4.78, 5) is 4.27. The molecule has 1 heterocycles. The van der Waals surface area contributed by atoms with E-state index >= 15 is 0 Å². The van der Waals surface area contributed by atoms with Crippen LogP contribution >= 0.6 is 11.6 Å².